The van der Waals surface area contributed by atoms with Crippen molar-refractivity contribution in [3.8, 4) is 0 Å². The highest BCUT2D eigenvalue weighted by Gasteiger charge is 2.33. The molecule has 1 aromatic carbocycles. The Morgan fingerprint density at radius 2 is 1.64 bits per heavy atom. The number of unbranched alkanes of at least 4 members (excludes halogenated alkanes) is 1. The van der Waals surface area contributed by atoms with Crippen molar-refractivity contribution in [1.29, 1.82) is 0 Å². The van der Waals surface area contributed by atoms with Crippen LogP contribution in [-0.4, -0.2) is 88.2 Å². The maximum absolute atomic E-state index is 13.2. The van der Waals surface area contributed by atoms with Gasteiger partial charge < -0.3 is 54.1 Å². The highest BCUT2D eigenvalue weighted by Crippen LogP contribution is 2.19. The number of aliphatic hydroxyl groups is 1. The number of guanidine groups is 1. The molecule has 42 heavy (non-hydrogen) atoms. The maximum atomic E-state index is 13.2. The molecule has 0 aliphatic carbocycles. The van der Waals surface area contributed by atoms with Crippen LogP contribution < -0.4 is 38.9 Å². The van der Waals surface area contributed by atoms with Crippen molar-refractivity contribution in [3.63, 3.8) is 0 Å². The van der Waals surface area contributed by atoms with Gasteiger partial charge in [-0.25, -0.2) is 4.79 Å². The SMILES string of the molecule is CC(O)C(NC(=O)C(CCCCN)NC(=O)C(N)CCCN=C(N)N)C(=O)NC(Cc1c[nH]c2ccccc12)C(=O)O. The fourth-order valence-corrected chi connectivity index (χ4v) is 4.33. The van der Waals surface area contributed by atoms with Gasteiger partial charge in [-0.15, -0.1) is 0 Å². The van der Waals surface area contributed by atoms with E-state index in [1.165, 1.54) is 6.92 Å². The van der Waals surface area contributed by atoms with E-state index in [9.17, 15) is 29.4 Å². The Hall–Kier alpha value is -4.21. The summed E-state index contributed by atoms with van der Waals surface area (Å²) in [4.78, 5) is 58.0. The van der Waals surface area contributed by atoms with E-state index in [-0.39, 0.29) is 31.8 Å². The van der Waals surface area contributed by atoms with Crippen molar-refractivity contribution < 1.29 is 29.4 Å². The van der Waals surface area contributed by atoms with Crippen LogP contribution in [0.1, 0.15) is 44.6 Å². The summed E-state index contributed by atoms with van der Waals surface area (Å²) in [6.45, 7) is 1.94. The first-order valence-corrected chi connectivity index (χ1v) is 13.8. The second-order valence-electron chi connectivity index (χ2n) is 10.1. The van der Waals surface area contributed by atoms with Crippen LogP contribution >= 0.6 is 0 Å². The summed E-state index contributed by atoms with van der Waals surface area (Å²) in [7, 11) is 0. The number of rotatable bonds is 18. The number of aliphatic carboxylic acids is 1. The maximum Gasteiger partial charge on any atom is 0.326 e. The third-order valence-electron chi connectivity index (χ3n) is 6.66. The molecular weight excluding hydrogens is 546 g/mol. The van der Waals surface area contributed by atoms with Crippen LogP contribution in [0.5, 0.6) is 0 Å². The first kappa shape index (κ1) is 34.0. The summed E-state index contributed by atoms with van der Waals surface area (Å²) in [6, 6.07) is 2.46. The number of aliphatic imine (C=N–C) groups is 1. The number of nitrogens with one attached hydrogen (secondary N) is 4. The molecule has 232 valence electrons. The highest BCUT2D eigenvalue weighted by atomic mass is 16.4. The van der Waals surface area contributed by atoms with E-state index in [4.69, 9.17) is 22.9 Å². The summed E-state index contributed by atoms with van der Waals surface area (Å²) >= 11 is 0. The summed E-state index contributed by atoms with van der Waals surface area (Å²) in [5.74, 6) is -3.58. The molecular formula is C27H43N9O6. The molecule has 2 aromatic rings. The lowest BCUT2D eigenvalue weighted by atomic mass is 10.0. The molecule has 14 N–H and O–H groups in total. The minimum Gasteiger partial charge on any atom is -0.480 e. The third kappa shape index (κ3) is 10.6. The van der Waals surface area contributed by atoms with Crippen LogP contribution in [0.25, 0.3) is 10.9 Å². The molecule has 1 heterocycles. The third-order valence-corrected chi connectivity index (χ3v) is 6.66. The number of para-hydroxylation sites is 1. The Kier molecular flexibility index (Phi) is 13.7. The normalized spacial score (nSPS) is 14.7. The highest BCUT2D eigenvalue weighted by molar-refractivity contribution is 5.94. The van der Waals surface area contributed by atoms with Gasteiger partial charge in [0.1, 0.15) is 18.1 Å². The summed E-state index contributed by atoms with van der Waals surface area (Å²) in [6.07, 6.45) is 2.21. The van der Waals surface area contributed by atoms with E-state index in [0.29, 0.717) is 31.4 Å². The van der Waals surface area contributed by atoms with Gasteiger partial charge in [0.05, 0.1) is 12.1 Å². The second-order valence-corrected chi connectivity index (χ2v) is 10.1. The zero-order chi connectivity index (χ0) is 31.2. The molecule has 0 spiro atoms. The number of fused-ring (bicyclic) bond motifs is 1. The molecule has 0 aliphatic heterocycles. The molecule has 1 aromatic heterocycles. The number of carbonyl (C=O) groups is 4. The zero-order valence-electron chi connectivity index (χ0n) is 23.7. The van der Waals surface area contributed by atoms with Crippen molar-refractivity contribution in [3.05, 3.63) is 36.0 Å². The number of carboxylic acid groups (broad SMARTS) is 1. The number of nitrogens with two attached hydrogens (primary N) is 4. The number of hydrogen-bond acceptors (Lipinski definition) is 8. The number of benzene rings is 1. The molecule has 0 fully saturated rings. The van der Waals surface area contributed by atoms with Gasteiger partial charge in [0.15, 0.2) is 5.96 Å². The molecule has 0 saturated heterocycles. The fraction of sp³-hybridized carbons (Fsp3) is 0.519. The Bertz CT molecular complexity index is 1230. The number of carboxylic acids is 1. The smallest absolute Gasteiger partial charge is 0.326 e. The number of nitrogens with zero attached hydrogens (tertiary/aromatic N) is 1. The van der Waals surface area contributed by atoms with E-state index in [1.54, 1.807) is 6.20 Å². The van der Waals surface area contributed by atoms with Gasteiger partial charge in [-0.3, -0.25) is 19.4 Å². The standard InChI is InChI=1S/C27H43N9O6/c1-15(37)22(25(40)35-21(26(41)42)13-16-14-33-19-9-3-2-7-17(16)19)36-24(39)20(10-4-5-11-28)34-23(38)18(29)8-6-12-32-27(30)31/h2-3,7,9,14-15,18,20-22,33,37H,4-6,8,10-13,28-29H2,1H3,(H,34,38)(H,35,40)(H,36,39)(H,41,42)(H4,30,31,32). The minimum absolute atomic E-state index is 0.0373. The lowest BCUT2D eigenvalue weighted by Gasteiger charge is -2.26. The van der Waals surface area contributed by atoms with Gasteiger partial charge in [-0.05, 0) is 57.2 Å². The molecule has 0 saturated carbocycles. The van der Waals surface area contributed by atoms with Gasteiger partial charge in [0.2, 0.25) is 17.7 Å². The van der Waals surface area contributed by atoms with E-state index < -0.39 is 54.0 Å². The van der Waals surface area contributed by atoms with Crippen LogP contribution in [0, 0.1) is 0 Å². The molecule has 15 heteroatoms. The van der Waals surface area contributed by atoms with Gasteiger partial charge >= 0.3 is 5.97 Å². The average Bonchev–Trinajstić information content (AvgIpc) is 3.35. The van der Waals surface area contributed by atoms with E-state index in [0.717, 1.165) is 10.9 Å². The first-order chi connectivity index (χ1) is 19.9. The van der Waals surface area contributed by atoms with Crippen molar-refractivity contribution in [2.24, 2.45) is 27.9 Å². The topological polar surface area (TPSA) is 277 Å². The summed E-state index contributed by atoms with van der Waals surface area (Å²) in [5, 5.41) is 28.4. The lowest BCUT2D eigenvalue weighted by molar-refractivity contribution is -0.143. The number of amides is 3. The fourth-order valence-electron chi connectivity index (χ4n) is 4.33. The van der Waals surface area contributed by atoms with Crippen molar-refractivity contribution >= 4 is 40.6 Å². The Labute approximate surface area is 243 Å². The summed E-state index contributed by atoms with van der Waals surface area (Å²) < 4.78 is 0. The molecule has 0 aliphatic rings. The molecule has 0 radical (unpaired) electrons. The summed E-state index contributed by atoms with van der Waals surface area (Å²) in [5.41, 5.74) is 23.6. The predicted molar refractivity (Wildman–Crippen MR) is 158 cm³/mol. The van der Waals surface area contributed by atoms with Crippen molar-refractivity contribution in [2.45, 2.75) is 75.7 Å². The lowest BCUT2D eigenvalue weighted by Crippen LogP contribution is -2.60. The quantitative estimate of drug-likeness (QED) is 0.0526. The number of H-pyrrole nitrogens is 1. The molecule has 15 nitrogen and oxygen atoms in total. The number of aliphatic hydroxyl groups excluding tert-OH is 1. The van der Waals surface area contributed by atoms with Crippen molar-refractivity contribution in [1.82, 2.24) is 20.9 Å². The van der Waals surface area contributed by atoms with E-state index in [1.807, 2.05) is 24.3 Å². The van der Waals surface area contributed by atoms with Crippen molar-refractivity contribution in [2.75, 3.05) is 13.1 Å². The number of aromatic nitrogens is 1. The average molecular weight is 590 g/mol. The minimum atomic E-state index is -1.50. The molecule has 2 rings (SSSR count). The monoisotopic (exact) mass is 589 g/mol. The van der Waals surface area contributed by atoms with Gasteiger partial charge in [-0.2, -0.15) is 0 Å². The Morgan fingerprint density at radius 1 is 0.952 bits per heavy atom. The number of carbonyl (C=O) groups excluding carboxylic acids is 3. The molecule has 5 atom stereocenters. The number of aromatic amines is 1. The van der Waals surface area contributed by atoms with Crippen LogP contribution in [0.15, 0.2) is 35.5 Å². The second kappa shape index (κ2) is 16.9. The van der Waals surface area contributed by atoms with Crippen LogP contribution in [0.2, 0.25) is 0 Å². The predicted octanol–water partition coefficient (Wildman–Crippen LogP) is -1.86. The largest absolute Gasteiger partial charge is 0.480 e. The van der Waals surface area contributed by atoms with E-state index >= 15 is 0 Å². The van der Waals surface area contributed by atoms with Gasteiger partial charge in [-0.1, -0.05) is 18.2 Å². The zero-order valence-corrected chi connectivity index (χ0v) is 23.7. The van der Waals surface area contributed by atoms with Gasteiger partial charge in [0.25, 0.3) is 0 Å². The Balaban J connectivity index is 2.10. The van der Waals surface area contributed by atoms with Crippen LogP contribution in [0.4, 0.5) is 0 Å². The molecule has 0 bridgehead atoms. The molecule has 5 unspecified atom stereocenters. The Morgan fingerprint density at radius 3 is 2.29 bits per heavy atom. The van der Waals surface area contributed by atoms with Crippen LogP contribution in [0.3, 0.4) is 0 Å². The number of hydrogen-bond donors (Lipinski definition) is 10. The first-order valence-electron chi connectivity index (χ1n) is 13.8. The van der Waals surface area contributed by atoms with E-state index in [2.05, 4.69) is 25.9 Å². The molecule has 3 amide bonds. The van der Waals surface area contributed by atoms with Gasteiger partial charge in [0, 0.05) is 30.1 Å². The van der Waals surface area contributed by atoms with Crippen LogP contribution in [-0.2, 0) is 25.6 Å².